The van der Waals surface area contributed by atoms with Gasteiger partial charge in [-0.05, 0) is 31.4 Å². The summed E-state index contributed by atoms with van der Waals surface area (Å²) in [6.45, 7) is 5.80. The lowest BCUT2D eigenvalue weighted by Crippen LogP contribution is -2.01. The van der Waals surface area contributed by atoms with E-state index in [4.69, 9.17) is 16.3 Å². The van der Waals surface area contributed by atoms with Crippen LogP contribution >= 0.6 is 11.6 Å². The molecular formula is C14H19ClN2O. The number of hydrogen-bond acceptors (Lipinski definition) is 2. The summed E-state index contributed by atoms with van der Waals surface area (Å²) in [5.74, 6) is 0. The van der Waals surface area contributed by atoms with E-state index in [-0.39, 0.29) is 0 Å². The lowest BCUT2D eigenvalue weighted by Gasteiger charge is -2.05. The van der Waals surface area contributed by atoms with Gasteiger partial charge in [0.25, 0.3) is 0 Å². The lowest BCUT2D eigenvalue weighted by molar-refractivity contribution is 0.190. The van der Waals surface area contributed by atoms with Crippen molar-refractivity contribution in [2.24, 2.45) is 0 Å². The van der Waals surface area contributed by atoms with Crippen molar-refractivity contribution in [1.29, 1.82) is 0 Å². The number of fused-ring (bicyclic) bond motifs is 1. The van der Waals surface area contributed by atoms with Gasteiger partial charge in [-0.1, -0.05) is 18.5 Å². The van der Waals surface area contributed by atoms with Crippen LogP contribution in [0.2, 0.25) is 5.02 Å². The fourth-order valence-electron chi connectivity index (χ4n) is 2.25. The number of pyridine rings is 1. The molecule has 0 saturated carbocycles. The number of ether oxygens (including phenoxy) is 1. The molecule has 0 aromatic carbocycles. The summed E-state index contributed by atoms with van der Waals surface area (Å²) in [4.78, 5) is 4.62. The Morgan fingerprint density at radius 1 is 1.44 bits per heavy atom. The Bertz CT molecular complexity index is 548. The van der Waals surface area contributed by atoms with Crippen LogP contribution in [-0.2, 0) is 17.7 Å². The van der Waals surface area contributed by atoms with E-state index in [0.29, 0.717) is 0 Å². The first-order valence-electron chi connectivity index (χ1n) is 6.31. The van der Waals surface area contributed by atoms with Gasteiger partial charge >= 0.3 is 0 Å². The molecule has 98 valence electrons. The van der Waals surface area contributed by atoms with E-state index in [9.17, 15) is 0 Å². The maximum atomic E-state index is 6.34. The van der Waals surface area contributed by atoms with Crippen LogP contribution in [0.3, 0.4) is 0 Å². The summed E-state index contributed by atoms with van der Waals surface area (Å²) in [5.41, 5.74) is 3.22. The Hall–Kier alpha value is -1.06. The molecule has 0 spiro atoms. The van der Waals surface area contributed by atoms with Gasteiger partial charge in [0.15, 0.2) is 0 Å². The molecule has 0 atom stereocenters. The van der Waals surface area contributed by atoms with Crippen LogP contribution in [0.4, 0.5) is 0 Å². The highest BCUT2D eigenvalue weighted by Crippen LogP contribution is 2.28. The van der Waals surface area contributed by atoms with Gasteiger partial charge in [-0.25, -0.2) is 4.98 Å². The number of aryl methyl sites for hydroxylation is 3. The number of hydrogen-bond donors (Lipinski definition) is 0. The average molecular weight is 267 g/mol. The third-order valence-corrected chi connectivity index (χ3v) is 3.41. The van der Waals surface area contributed by atoms with E-state index in [1.54, 1.807) is 7.11 Å². The molecule has 0 aliphatic heterocycles. The van der Waals surface area contributed by atoms with E-state index >= 15 is 0 Å². The van der Waals surface area contributed by atoms with Crippen molar-refractivity contribution in [2.45, 2.75) is 33.2 Å². The zero-order chi connectivity index (χ0) is 13.1. The molecular weight excluding hydrogens is 248 g/mol. The highest BCUT2D eigenvalue weighted by atomic mass is 35.5. The third kappa shape index (κ3) is 2.52. The smallest absolute Gasteiger partial charge is 0.141 e. The molecule has 18 heavy (non-hydrogen) atoms. The number of nitrogens with zero attached hydrogens (tertiary/aromatic N) is 2. The number of rotatable bonds is 5. The van der Waals surface area contributed by atoms with Crippen LogP contribution < -0.4 is 0 Å². The second-order valence-electron chi connectivity index (χ2n) is 4.49. The normalized spacial score (nSPS) is 11.3. The Morgan fingerprint density at radius 2 is 2.22 bits per heavy atom. The Kier molecular flexibility index (Phi) is 4.25. The number of halogens is 1. The Balaban J connectivity index is 2.46. The van der Waals surface area contributed by atoms with Crippen LogP contribution in [0.1, 0.15) is 24.6 Å². The van der Waals surface area contributed by atoms with Crippen molar-refractivity contribution in [1.82, 2.24) is 9.55 Å². The first-order valence-corrected chi connectivity index (χ1v) is 6.69. The lowest BCUT2D eigenvalue weighted by atomic mass is 10.2. The Labute approximate surface area is 113 Å². The predicted molar refractivity (Wildman–Crippen MR) is 75.4 cm³/mol. The molecule has 0 bridgehead atoms. The highest BCUT2D eigenvalue weighted by Gasteiger charge is 2.12. The summed E-state index contributed by atoms with van der Waals surface area (Å²) in [5, 5.41) is 1.90. The Morgan fingerprint density at radius 3 is 2.89 bits per heavy atom. The second-order valence-corrected chi connectivity index (χ2v) is 4.90. The monoisotopic (exact) mass is 266 g/mol. The molecule has 4 heteroatoms. The molecule has 0 N–H and O–H groups in total. The minimum Gasteiger partial charge on any atom is -0.385 e. The highest BCUT2D eigenvalue weighted by molar-refractivity contribution is 6.35. The molecule has 3 nitrogen and oxygen atoms in total. The summed E-state index contributed by atoms with van der Waals surface area (Å²) in [6, 6.07) is 1.93. The van der Waals surface area contributed by atoms with Gasteiger partial charge in [-0.3, -0.25) is 0 Å². The van der Waals surface area contributed by atoms with Crippen LogP contribution in [0, 0.1) is 6.92 Å². The maximum Gasteiger partial charge on any atom is 0.141 e. The van der Waals surface area contributed by atoms with E-state index in [2.05, 4.69) is 22.7 Å². The van der Waals surface area contributed by atoms with Crippen LogP contribution in [0.5, 0.6) is 0 Å². The van der Waals surface area contributed by atoms with E-state index in [1.807, 2.05) is 13.0 Å². The fraction of sp³-hybridized carbons (Fsp3) is 0.500. The molecule has 0 amide bonds. The van der Waals surface area contributed by atoms with Crippen LogP contribution in [0.25, 0.3) is 11.0 Å². The molecule has 0 radical (unpaired) electrons. The van der Waals surface area contributed by atoms with Gasteiger partial charge in [-0.2, -0.15) is 0 Å². The predicted octanol–water partition coefficient (Wildman–Crippen LogP) is 3.60. The van der Waals surface area contributed by atoms with Gasteiger partial charge in [0.1, 0.15) is 5.65 Å². The minimum atomic E-state index is 0.765. The fourth-order valence-corrected chi connectivity index (χ4v) is 2.62. The van der Waals surface area contributed by atoms with Gasteiger partial charge in [0, 0.05) is 37.5 Å². The quantitative estimate of drug-likeness (QED) is 0.773. The van der Waals surface area contributed by atoms with Crippen molar-refractivity contribution in [3.05, 3.63) is 28.5 Å². The van der Waals surface area contributed by atoms with Gasteiger partial charge in [0.05, 0.1) is 5.02 Å². The molecule has 0 aliphatic rings. The molecule has 2 aromatic rings. The number of methoxy groups -OCH3 is 1. The maximum absolute atomic E-state index is 6.34. The summed E-state index contributed by atoms with van der Waals surface area (Å²) >= 11 is 6.34. The molecule has 0 fully saturated rings. The van der Waals surface area contributed by atoms with Crippen molar-refractivity contribution in [3.8, 4) is 0 Å². The molecule has 0 aliphatic carbocycles. The molecule has 0 saturated heterocycles. The van der Waals surface area contributed by atoms with Crippen molar-refractivity contribution in [2.75, 3.05) is 13.7 Å². The zero-order valence-electron chi connectivity index (χ0n) is 11.2. The topological polar surface area (TPSA) is 27.1 Å². The van der Waals surface area contributed by atoms with E-state index in [0.717, 1.165) is 47.7 Å². The zero-order valence-corrected chi connectivity index (χ0v) is 11.9. The van der Waals surface area contributed by atoms with Crippen molar-refractivity contribution >= 4 is 22.6 Å². The minimum absolute atomic E-state index is 0.765. The standard InChI is InChI=1S/C14H19ClN2O/c1-4-11-9-17(6-5-7-18-3)14-13(11)12(15)8-10(2)16-14/h8-9H,4-7H2,1-3H3. The summed E-state index contributed by atoms with van der Waals surface area (Å²) < 4.78 is 7.28. The third-order valence-electron chi connectivity index (χ3n) is 3.11. The summed E-state index contributed by atoms with van der Waals surface area (Å²) in [6.07, 6.45) is 4.12. The van der Waals surface area contributed by atoms with Crippen LogP contribution in [-0.4, -0.2) is 23.3 Å². The van der Waals surface area contributed by atoms with Gasteiger partial charge in [-0.15, -0.1) is 0 Å². The second kappa shape index (κ2) is 5.72. The SMILES string of the molecule is CCc1cn(CCCOC)c2nc(C)cc(Cl)c12. The summed E-state index contributed by atoms with van der Waals surface area (Å²) in [7, 11) is 1.73. The van der Waals surface area contributed by atoms with E-state index < -0.39 is 0 Å². The first-order chi connectivity index (χ1) is 8.67. The first kappa shape index (κ1) is 13.4. The molecule has 0 unspecified atom stereocenters. The van der Waals surface area contributed by atoms with Crippen LogP contribution in [0.15, 0.2) is 12.3 Å². The molecule has 2 aromatic heterocycles. The largest absolute Gasteiger partial charge is 0.385 e. The number of aromatic nitrogens is 2. The van der Waals surface area contributed by atoms with E-state index in [1.165, 1.54) is 5.56 Å². The van der Waals surface area contributed by atoms with Crippen molar-refractivity contribution < 1.29 is 4.74 Å². The van der Waals surface area contributed by atoms with Crippen molar-refractivity contribution in [3.63, 3.8) is 0 Å². The van der Waals surface area contributed by atoms with Gasteiger partial charge in [0.2, 0.25) is 0 Å². The molecule has 2 heterocycles. The molecule has 2 rings (SSSR count). The average Bonchev–Trinajstić information content (AvgIpc) is 2.68. The van der Waals surface area contributed by atoms with Gasteiger partial charge < -0.3 is 9.30 Å².